The fourth-order valence-electron chi connectivity index (χ4n) is 2.27. The number of carbonyl (C=O) groups excluding carboxylic acids is 1. The molecular weight excluding hydrogens is 168 g/mol. The van der Waals surface area contributed by atoms with Crippen LogP contribution in [0.4, 0.5) is 0 Å². The molecule has 1 N–H and O–H groups in total. The largest absolute Gasteiger partial charge is 0.460 e. The first-order chi connectivity index (χ1) is 6.31. The van der Waals surface area contributed by atoms with Crippen molar-refractivity contribution in [1.82, 2.24) is 0 Å². The lowest BCUT2D eigenvalue weighted by atomic mass is 9.99. The predicted molar refractivity (Wildman–Crippen MR) is 47.0 cm³/mol. The Morgan fingerprint density at radius 1 is 1.54 bits per heavy atom. The zero-order chi connectivity index (χ0) is 9.26. The summed E-state index contributed by atoms with van der Waals surface area (Å²) >= 11 is 0. The average Bonchev–Trinajstić information content (AvgIpc) is 2.74. The molecule has 2 bridgehead atoms. The van der Waals surface area contributed by atoms with Crippen molar-refractivity contribution < 1.29 is 14.6 Å². The SMILES string of the molecule is O=C(OCCO)C1=C2CCC(C2)C1. The zero-order valence-electron chi connectivity index (χ0n) is 7.58. The van der Waals surface area contributed by atoms with E-state index in [9.17, 15) is 4.79 Å². The number of hydrogen-bond donors (Lipinski definition) is 1. The number of ether oxygens (including phenoxy) is 1. The highest BCUT2D eigenvalue weighted by molar-refractivity contribution is 5.90. The van der Waals surface area contributed by atoms with Gasteiger partial charge in [-0.3, -0.25) is 0 Å². The standard InChI is InChI=1S/C10H14O3/c11-3-4-13-10(12)9-6-7-1-2-8(9)5-7/h7,11H,1-6H2. The normalized spacial score (nSPS) is 25.5. The van der Waals surface area contributed by atoms with Crippen LogP contribution in [0, 0.1) is 5.92 Å². The van der Waals surface area contributed by atoms with Gasteiger partial charge >= 0.3 is 5.97 Å². The molecule has 0 radical (unpaired) electrons. The van der Waals surface area contributed by atoms with Gasteiger partial charge in [0.1, 0.15) is 6.61 Å². The van der Waals surface area contributed by atoms with Crippen LogP contribution in [0.1, 0.15) is 25.7 Å². The molecule has 2 aliphatic rings. The van der Waals surface area contributed by atoms with Crippen LogP contribution in [0.15, 0.2) is 11.1 Å². The van der Waals surface area contributed by atoms with Crippen LogP contribution in [0.3, 0.4) is 0 Å². The maximum atomic E-state index is 11.4. The van der Waals surface area contributed by atoms with E-state index in [2.05, 4.69) is 0 Å². The average molecular weight is 182 g/mol. The van der Waals surface area contributed by atoms with Crippen molar-refractivity contribution in [1.29, 1.82) is 0 Å². The highest BCUT2D eigenvalue weighted by Gasteiger charge is 2.33. The van der Waals surface area contributed by atoms with Gasteiger partial charge in [0.2, 0.25) is 0 Å². The third kappa shape index (κ3) is 1.61. The summed E-state index contributed by atoms with van der Waals surface area (Å²) < 4.78 is 4.88. The monoisotopic (exact) mass is 182 g/mol. The molecule has 0 spiro atoms. The first kappa shape index (κ1) is 8.75. The van der Waals surface area contributed by atoms with Gasteiger partial charge in [0.05, 0.1) is 6.61 Å². The van der Waals surface area contributed by atoms with Gasteiger partial charge in [-0.15, -0.1) is 0 Å². The van der Waals surface area contributed by atoms with Crippen molar-refractivity contribution in [3.8, 4) is 0 Å². The molecule has 72 valence electrons. The molecule has 0 aromatic carbocycles. The van der Waals surface area contributed by atoms with Crippen LogP contribution in [0.5, 0.6) is 0 Å². The Morgan fingerprint density at radius 2 is 2.38 bits per heavy atom. The summed E-state index contributed by atoms with van der Waals surface area (Å²) in [4.78, 5) is 11.4. The van der Waals surface area contributed by atoms with Gasteiger partial charge < -0.3 is 9.84 Å². The summed E-state index contributed by atoms with van der Waals surface area (Å²) in [5.74, 6) is 0.498. The Balaban J connectivity index is 1.97. The Kier molecular flexibility index (Phi) is 2.36. The summed E-state index contributed by atoms with van der Waals surface area (Å²) in [7, 11) is 0. The summed E-state index contributed by atoms with van der Waals surface area (Å²) in [6.45, 7) is 0.0397. The third-order valence-corrected chi connectivity index (χ3v) is 2.88. The topological polar surface area (TPSA) is 46.5 Å². The van der Waals surface area contributed by atoms with Crippen LogP contribution in [0.2, 0.25) is 0 Å². The number of allylic oxidation sites excluding steroid dienone is 1. The van der Waals surface area contributed by atoms with Crippen LogP contribution in [0.25, 0.3) is 0 Å². The van der Waals surface area contributed by atoms with E-state index in [-0.39, 0.29) is 19.2 Å². The second-order valence-corrected chi connectivity index (χ2v) is 3.75. The molecule has 3 heteroatoms. The Hall–Kier alpha value is -0.830. The summed E-state index contributed by atoms with van der Waals surface area (Å²) in [6.07, 6.45) is 4.32. The second kappa shape index (κ2) is 3.50. The first-order valence-corrected chi connectivity index (χ1v) is 4.80. The summed E-state index contributed by atoms with van der Waals surface area (Å²) in [5, 5.41) is 8.50. The molecule has 0 saturated heterocycles. The molecule has 3 nitrogen and oxygen atoms in total. The number of esters is 1. The van der Waals surface area contributed by atoms with Gasteiger partial charge in [-0.1, -0.05) is 5.57 Å². The number of hydrogen-bond acceptors (Lipinski definition) is 3. The van der Waals surface area contributed by atoms with Crippen LogP contribution >= 0.6 is 0 Å². The van der Waals surface area contributed by atoms with Crippen molar-refractivity contribution in [2.75, 3.05) is 13.2 Å². The maximum Gasteiger partial charge on any atom is 0.334 e. The summed E-state index contributed by atoms with van der Waals surface area (Å²) in [5.41, 5.74) is 2.19. The number of rotatable bonds is 3. The van der Waals surface area contributed by atoms with Crippen LogP contribution in [-0.4, -0.2) is 24.3 Å². The number of fused-ring (bicyclic) bond motifs is 2. The van der Waals surface area contributed by atoms with Crippen molar-refractivity contribution in [2.24, 2.45) is 5.92 Å². The molecule has 1 atom stereocenters. The maximum absolute atomic E-state index is 11.4. The molecule has 1 unspecified atom stereocenters. The highest BCUT2D eigenvalue weighted by Crippen LogP contribution is 2.44. The van der Waals surface area contributed by atoms with Gasteiger partial charge in [-0.05, 0) is 31.6 Å². The smallest absolute Gasteiger partial charge is 0.334 e. The van der Waals surface area contributed by atoms with E-state index in [0.29, 0.717) is 5.92 Å². The van der Waals surface area contributed by atoms with Gasteiger partial charge in [-0.25, -0.2) is 4.79 Å². The molecular formula is C10H14O3. The van der Waals surface area contributed by atoms with Crippen molar-refractivity contribution in [2.45, 2.75) is 25.7 Å². The minimum atomic E-state index is -0.203. The molecule has 1 saturated carbocycles. The molecule has 0 aromatic heterocycles. The molecule has 2 rings (SSSR count). The van der Waals surface area contributed by atoms with E-state index >= 15 is 0 Å². The van der Waals surface area contributed by atoms with Gasteiger partial charge in [0.25, 0.3) is 0 Å². The van der Waals surface area contributed by atoms with Crippen LogP contribution in [-0.2, 0) is 9.53 Å². The number of carbonyl (C=O) groups is 1. The van der Waals surface area contributed by atoms with E-state index in [0.717, 1.165) is 24.8 Å². The Labute approximate surface area is 77.4 Å². The molecule has 2 aliphatic carbocycles. The molecule has 0 amide bonds. The van der Waals surface area contributed by atoms with E-state index < -0.39 is 0 Å². The Morgan fingerprint density at radius 3 is 2.92 bits per heavy atom. The molecule has 0 heterocycles. The van der Waals surface area contributed by atoms with E-state index in [1.54, 1.807) is 0 Å². The second-order valence-electron chi connectivity index (χ2n) is 3.75. The van der Waals surface area contributed by atoms with E-state index in [1.165, 1.54) is 12.0 Å². The van der Waals surface area contributed by atoms with Crippen LogP contribution < -0.4 is 0 Å². The molecule has 0 aromatic rings. The fraction of sp³-hybridized carbons (Fsp3) is 0.700. The number of aliphatic hydroxyl groups excluding tert-OH is 1. The van der Waals surface area contributed by atoms with Gasteiger partial charge in [0.15, 0.2) is 0 Å². The molecule has 1 fully saturated rings. The lowest BCUT2D eigenvalue weighted by molar-refractivity contribution is -0.140. The minimum Gasteiger partial charge on any atom is -0.460 e. The van der Waals surface area contributed by atoms with Crippen molar-refractivity contribution in [3.05, 3.63) is 11.1 Å². The van der Waals surface area contributed by atoms with Crippen molar-refractivity contribution in [3.63, 3.8) is 0 Å². The lowest BCUT2D eigenvalue weighted by Gasteiger charge is -2.10. The number of aliphatic hydroxyl groups is 1. The molecule has 13 heavy (non-hydrogen) atoms. The zero-order valence-corrected chi connectivity index (χ0v) is 7.58. The van der Waals surface area contributed by atoms with Gasteiger partial charge in [-0.2, -0.15) is 0 Å². The predicted octanol–water partition coefficient (Wildman–Crippen LogP) is 1.02. The van der Waals surface area contributed by atoms with Gasteiger partial charge in [0, 0.05) is 5.57 Å². The first-order valence-electron chi connectivity index (χ1n) is 4.80. The lowest BCUT2D eigenvalue weighted by Crippen LogP contribution is -2.12. The minimum absolute atomic E-state index is 0.0855. The van der Waals surface area contributed by atoms with E-state index in [4.69, 9.17) is 9.84 Å². The molecule has 0 aliphatic heterocycles. The van der Waals surface area contributed by atoms with E-state index in [1.807, 2.05) is 0 Å². The fourth-order valence-corrected chi connectivity index (χ4v) is 2.27. The van der Waals surface area contributed by atoms with Crippen molar-refractivity contribution >= 4 is 5.97 Å². The quantitative estimate of drug-likeness (QED) is 0.663. The highest BCUT2D eigenvalue weighted by atomic mass is 16.5. The summed E-state index contributed by atoms with van der Waals surface area (Å²) in [6, 6.07) is 0. The Bertz CT molecular complexity index is 255. The third-order valence-electron chi connectivity index (χ3n) is 2.88.